The van der Waals surface area contributed by atoms with Crippen LogP contribution < -0.4 is 5.56 Å². The van der Waals surface area contributed by atoms with Crippen LogP contribution in [0.1, 0.15) is 51.6 Å². The number of unbranched alkanes of at least 4 members (excludes halogenated alkanes) is 1. The molecule has 1 atom stereocenters. The molecule has 2 aromatic rings. The van der Waals surface area contributed by atoms with Gasteiger partial charge in [-0.3, -0.25) is 9.36 Å². The number of aryl methyl sites for hydroxylation is 1. The molecule has 0 fully saturated rings. The fourth-order valence-corrected chi connectivity index (χ4v) is 5.11. The molecule has 0 saturated heterocycles. The van der Waals surface area contributed by atoms with Gasteiger partial charge in [-0.1, -0.05) is 31.9 Å². The number of hydrogen-bond donors (Lipinski definition) is 0. The predicted molar refractivity (Wildman–Crippen MR) is 105 cm³/mol. The van der Waals surface area contributed by atoms with Crippen molar-refractivity contribution in [1.29, 1.82) is 0 Å². The monoisotopic (exact) mass is 380 g/mol. The average molecular weight is 380 g/mol. The fourth-order valence-electron chi connectivity index (χ4n) is 3.14. The van der Waals surface area contributed by atoms with Crippen LogP contribution >= 0.6 is 7.60 Å². The lowest BCUT2D eigenvalue weighted by molar-refractivity contribution is 0.218. The predicted octanol–water partition coefficient (Wildman–Crippen LogP) is 4.47. The molecular formula is C19H29N2O4P. The Bertz CT molecular complexity index is 824. The van der Waals surface area contributed by atoms with Crippen molar-refractivity contribution in [3.63, 3.8) is 0 Å². The van der Waals surface area contributed by atoms with E-state index in [1.54, 1.807) is 25.5 Å². The van der Waals surface area contributed by atoms with Gasteiger partial charge in [-0.2, -0.15) is 0 Å². The Kier molecular flexibility index (Phi) is 7.56. The Morgan fingerprint density at radius 1 is 1.15 bits per heavy atom. The number of benzene rings is 1. The van der Waals surface area contributed by atoms with Crippen molar-refractivity contribution in [2.45, 2.75) is 46.0 Å². The maximum atomic E-state index is 13.0. The van der Waals surface area contributed by atoms with Gasteiger partial charge in [0.05, 0.1) is 30.4 Å². The van der Waals surface area contributed by atoms with Gasteiger partial charge in [0.15, 0.2) is 0 Å². The topological polar surface area (TPSA) is 70.4 Å². The molecule has 1 aromatic heterocycles. The van der Waals surface area contributed by atoms with Crippen LogP contribution in [0.3, 0.4) is 0 Å². The summed E-state index contributed by atoms with van der Waals surface area (Å²) in [5.74, 6) is -0.262. The lowest BCUT2D eigenvalue weighted by Gasteiger charge is -2.23. The average Bonchev–Trinajstić information content (AvgIpc) is 2.62. The van der Waals surface area contributed by atoms with E-state index >= 15 is 0 Å². The summed E-state index contributed by atoms with van der Waals surface area (Å²) in [6.45, 7) is 6.29. The summed E-state index contributed by atoms with van der Waals surface area (Å²) in [4.78, 5) is 17.5. The lowest BCUT2D eigenvalue weighted by Crippen LogP contribution is -2.27. The number of hydrogen-bond acceptors (Lipinski definition) is 5. The highest BCUT2D eigenvalue weighted by atomic mass is 31.2. The zero-order valence-electron chi connectivity index (χ0n) is 16.1. The molecule has 1 aromatic carbocycles. The first-order valence-electron chi connectivity index (χ1n) is 9.29. The number of aromatic nitrogens is 2. The second-order valence-electron chi connectivity index (χ2n) is 6.32. The molecule has 0 aliphatic heterocycles. The van der Waals surface area contributed by atoms with E-state index in [2.05, 4.69) is 11.9 Å². The molecule has 0 unspecified atom stereocenters. The molecule has 0 amide bonds. The first-order valence-corrected chi connectivity index (χ1v) is 11.0. The van der Waals surface area contributed by atoms with Gasteiger partial charge in [0, 0.05) is 13.0 Å². The Labute approximate surface area is 155 Å². The third-order valence-corrected chi connectivity index (χ3v) is 6.59. The second kappa shape index (κ2) is 9.45. The fraction of sp³-hybridized carbons (Fsp3) is 0.579. The quantitative estimate of drug-likeness (QED) is 0.569. The third kappa shape index (κ3) is 4.81. The molecule has 0 aliphatic rings. The number of para-hydroxylation sites is 2. The van der Waals surface area contributed by atoms with Crippen molar-refractivity contribution in [3.05, 3.63) is 40.3 Å². The molecule has 0 saturated carbocycles. The van der Waals surface area contributed by atoms with Crippen LogP contribution in [0.5, 0.6) is 0 Å². The smallest absolute Gasteiger partial charge is 0.309 e. The van der Waals surface area contributed by atoms with Gasteiger partial charge < -0.3 is 13.6 Å². The Morgan fingerprint density at radius 2 is 1.81 bits per heavy atom. The third-order valence-electron chi connectivity index (χ3n) is 4.40. The SMILES string of the molecule is CCCC[C@H](CP(=O)(OCC)OCC)c1nc2ccccc2n(C)c1=O. The second-order valence-corrected chi connectivity index (χ2v) is 8.42. The van der Waals surface area contributed by atoms with Crippen molar-refractivity contribution < 1.29 is 13.6 Å². The maximum Gasteiger partial charge on any atom is 0.331 e. The number of nitrogens with zero attached hydrogens (tertiary/aromatic N) is 2. The van der Waals surface area contributed by atoms with Crippen molar-refractivity contribution in [1.82, 2.24) is 9.55 Å². The molecule has 0 N–H and O–H groups in total. The van der Waals surface area contributed by atoms with Gasteiger partial charge in [0.1, 0.15) is 5.69 Å². The van der Waals surface area contributed by atoms with Crippen molar-refractivity contribution in [2.24, 2.45) is 7.05 Å². The Hall–Kier alpha value is -1.49. The molecule has 1 heterocycles. The first-order chi connectivity index (χ1) is 12.5. The van der Waals surface area contributed by atoms with E-state index in [-0.39, 0.29) is 17.6 Å². The zero-order valence-corrected chi connectivity index (χ0v) is 17.0. The van der Waals surface area contributed by atoms with Crippen molar-refractivity contribution >= 4 is 18.6 Å². The van der Waals surface area contributed by atoms with Crippen molar-refractivity contribution in [2.75, 3.05) is 19.4 Å². The maximum absolute atomic E-state index is 13.0. The summed E-state index contributed by atoms with van der Waals surface area (Å²) in [5.41, 5.74) is 1.84. The Morgan fingerprint density at radius 3 is 2.42 bits per heavy atom. The summed E-state index contributed by atoms with van der Waals surface area (Å²) in [6, 6.07) is 7.55. The van der Waals surface area contributed by atoms with E-state index in [1.165, 1.54) is 0 Å². The van der Waals surface area contributed by atoms with Gasteiger partial charge in [-0.25, -0.2) is 4.98 Å². The van der Waals surface area contributed by atoms with Crippen LogP contribution in [-0.4, -0.2) is 28.9 Å². The summed E-state index contributed by atoms with van der Waals surface area (Å²) >= 11 is 0. The molecule has 0 bridgehead atoms. The van der Waals surface area contributed by atoms with E-state index < -0.39 is 7.60 Å². The molecule has 0 spiro atoms. The van der Waals surface area contributed by atoms with E-state index in [0.29, 0.717) is 18.9 Å². The largest absolute Gasteiger partial charge is 0.331 e. The van der Waals surface area contributed by atoms with Crippen LogP contribution in [-0.2, 0) is 20.7 Å². The minimum atomic E-state index is -3.26. The minimum Gasteiger partial charge on any atom is -0.309 e. The highest BCUT2D eigenvalue weighted by Crippen LogP contribution is 2.51. The molecule has 7 heteroatoms. The lowest BCUT2D eigenvalue weighted by atomic mass is 10.0. The molecule has 6 nitrogen and oxygen atoms in total. The summed E-state index contributed by atoms with van der Waals surface area (Å²) < 4.78 is 25.6. The molecule has 2 rings (SSSR count). The summed E-state index contributed by atoms with van der Waals surface area (Å²) in [5, 5.41) is 0. The van der Waals surface area contributed by atoms with E-state index in [0.717, 1.165) is 30.3 Å². The van der Waals surface area contributed by atoms with Crippen LogP contribution in [0.2, 0.25) is 0 Å². The van der Waals surface area contributed by atoms with Gasteiger partial charge in [0.2, 0.25) is 0 Å². The molecule has 0 aliphatic carbocycles. The van der Waals surface area contributed by atoms with E-state index in [9.17, 15) is 9.36 Å². The van der Waals surface area contributed by atoms with Crippen LogP contribution in [0.4, 0.5) is 0 Å². The van der Waals surface area contributed by atoms with Crippen LogP contribution in [0.15, 0.2) is 29.1 Å². The van der Waals surface area contributed by atoms with Crippen LogP contribution in [0.25, 0.3) is 11.0 Å². The molecule has 0 radical (unpaired) electrons. The number of fused-ring (bicyclic) bond motifs is 1. The van der Waals surface area contributed by atoms with Gasteiger partial charge >= 0.3 is 7.60 Å². The highest BCUT2D eigenvalue weighted by Gasteiger charge is 2.31. The first kappa shape index (κ1) is 20.8. The normalized spacial score (nSPS) is 13.2. The molecular weight excluding hydrogens is 351 g/mol. The zero-order chi connectivity index (χ0) is 19.2. The van der Waals surface area contributed by atoms with Gasteiger partial charge in [-0.05, 0) is 32.4 Å². The van der Waals surface area contributed by atoms with Crippen LogP contribution in [0, 0.1) is 0 Å². The summed E-state index contributed by atoms with van der Waals surface area (Å²) in [6.07, 6.45) is 2.80. The van der Waals surface area contributed by atoms with Crippen molar-refractivity contribution in [3.8, 4) is 0 Å². The highest BCUT2D eigenvalue weighted by molar-refractivity contribution is 7.53. The molecule has 144 valence electrons. The minimum absolute atomic E-state index is 0.149. The van der Waals surface area contributed by atoms with E-state index in [4.69, 9.17) is 9.05 Å². The van der Waals surface area contributed by atoms with Gasteiger partial charge in [0.25, 0.3) is 5.56 Å². The van der Waals surface area contributed by atoms with Gasteiger partial charge in [-0.15, -0.1) is 0 Å². The number of rotatable bonds is 10. The van der Waals surface area contributed by atoms with E-state index in [1.807, 2.05) is 24.3 Å². The summed E-state index contributed by atoms with van der Waals surface area (Å²) in [7, 11) is -1.52. The Balaban J connectivity index is 2.49. The molecule has 26 heavy (non-hydrogen) atoms. The standard InChI is InChI=1S/C19H29N2O4P/c1-5-8-11-15(14-26(23,24-6-2)25-7-3)18-19(22)21(4)17-13-10-9-12-16(17)20-18/h9-10,12-13,15H,5-8,11,14H2,1-4H3/t15-/m1/s1.